The molecule has 0 atom stereocenters. The molecule has 0 aromatic heterocycles. The van der Waals surface area contributed by atoms with Crippen molar-refractivity contribution in [1.82, 2.24) is 0 Å². The first kappa shape index (κ1) is 18.3. The van der Waals surface area contributed by atoms with Crippen molar-refractivity contribution in [3.63, 3.8) is 0 Å². The van der Waals surface area contributed by atoms with Gasteiger partial charge in [-0.05, 0) is 35.9 Å². The van der Waals surface area contributed by atoms with Crippen molar-refractivity contribution >= 4 is 12.0 Å². The van der Waals surface area contributed by atoms with Gasteiger partial charge in [-0.2, -0.15) is 8.78 Å². The summed E-state index contributed by atoms with van der Waals surface area (Å²) in [5, 5.41) is 0. The quantitative estimate of drug-likeness (QED) is 0.430. The Morgan fingerprint density at radius 3 is 2.12 bits per heavy atom. The lowest BCUT2D eigenvalue weighted by molar-refractivity contribution is -0.129. The molecule has 0 aliphatic heterocycles. The van der Waals surface area contributed by atoms with Crippen LogP contribution in [0.25, 0.3) is 6.08 Å². The van der Waals surface area contributed by atoms with Gasteiger partial charge in [-0.3, -0.25) is 0 Å². The Kier molecular flexibility index (Phi) is 6.33. The number of rotatable bonds is 7. The first-order valence-electron chi connectivity index (χ1n) is 7.19. The van der Waals surface area contributed by atoms with Gasteiger partial charge in [0, 0.05) is 6.08 Å². The number of hydrogen-bond donors (Lipinski definition) is 0. The number of hydrogen-bond acceptors (Lipinski definition) is 5. The van der Waals surface area contributed by atoms with E-state index < -0.39 is 12.6 Å². The first-order valence-corrected chi connectivity index (χ1v) is 7.19. The van der Waals surface area contributed by atoms with E-state index in [1.807, 2.05) is 0 Å². The van der Waals surface area contributed by atoms with Gasteiger partial charge in [-0.15, -0.1) is 0 Å². The highest BCUT2D eigenvalue weighted by Crippen LogP contribution is 2.36. The molecule has 0 saturated heterocycles. The lowest BCUT2D eigenvalue weighted by Gasteiger charge is -2.11. The Balaban J connectivity index is 2.06. The van der Waals surface area contributed by atoms with Gasteiger partial charge >= 0.3 is 12.6 Å². The molecule has 2 aromatic rings. The van der Waals surface area contributed by atoms with E-state index in [2.05, 4.69) is 4.74 Å². The van der Waals surface area contributed by atoms with Crippen LogP contribution in [0.1, 0.15) is 5.56 Å². The predicted molar refractivity (Wildman–Crippen MR) is 87.3 cm³/mol. The number of methoxy groups -OCH3 is 2. The van der Waals surface area contributed by atoms with Crippen LogP contribution in [0.2, 0.25) is 0 Å². The van der Waals surface area contributed by atoms with Crippen LogP contribution in [0, 0.1) is 0 Å². The van der Waals surface area contributed by atoms with Crippen LogP contribution < -0.4 is 18.9 Å². The molecule has 0 heterocycles. The molecule has 25 heavy (non-hydrogen) atoms. The maximum Gasteiger partial charge on any atom is 0.387 e. The normalized spacial score (nSPS) is 10.8. The second-order valence-electron chi connectivity index (χ2n) is 4.69. The van der Waals surface area contributed by atoms with E-state index in [-0.39, 0.29) is 11.5 Å². The maximum absolute atomic E-state index is 12.1. The summed E-state index contributed by atoms with van der Waals surface area (Å²) < 4.78 is 44.0. The summed E-state index contributed by atoms with van der Waals surface area (Å²) in [4.78, 5) is 12.0. The summed E-state index contributed by atoms with van der Waals surface area (Å²) in [5.74, 6) is 0.274. The van der Waals surface area contributed by atoms with Gasteiger partial charge in [0.25, 0.3) is 0 Å². The summed E-state index contributed by atoms with van der Waals surface area (Å²) >= 11 is 0. The smallest absolute Gasteiger partial charge is 0.387 e. The number of halogens is 2. The van der Waals surface area contributed by atoms with Crippen molar-refractivity contribution in [3.05, 3.63) is 54.1 Å². The van der Waals surface area contributed by atoms with E-state index in [1.54, 1.807) is 18.2 Å². The van der Waals surface area contributed by atoms with Crippen LogP contribution in [-0.4, -0.2) is 26.8 Å². The summed E-state index contributed by atoms with van der Waals surface area (Å²) in [5.41, 5.74) is 0.616. The minimum absolute atomic E-state index is 0.0356. The molecule has 5 nitrogen and oxygen atoms in total. The zero-order valence-corrected chi connectivity index (χ0v) is 13.6. The number of alkyl halides is 2. The molecule has 132 valence electrons. The molecule has 2 rings (SSSR count). The van der Waals surface area contributed by atoms with Gasteiger partial charge in [0.15, 0.2) is 11.5 Å². The first-order chi connectivity index (χ1) is 12.0. The molecule has 2 aromatic carbocycles. The van der Waals surface area contributed by atoms with Crippen LogP contribution in [0.15, 0.2) is 48.5 Å². The summed E-state index contributed by atoms with van der Waals surface area (Å²) in [6.07, 6.45) is 2.69. The number of carbonyl (C=O) groups is 1. The summed E-state index contributed by atoms with van der Waals surface area (Å²) in [6.45, 7) is -2.88. The van der Waals surface area contributed by atoms with Crippen molar-refractivity contribution in [3.8, 4) is 23.0 Å². The van der Waals surface area contributed by atoms with E-state index >= 15 is 0 Å². The van der Waals surface area contributed by atoms with E-state index in [4.69, 9.17) is 14.2 Å². The number of ether oxygens (including phenoxy) is 4. The van der Waals surface area contributed by atoms with Crippen molar-refractivity contribution in [1.29, 1.82) is 0 Å². The van der Waals surface area contributed by atoms with Gasteiger partial charge < -0.3 is 18.9 Å². The molecular formula is C18H16F2O5. The lowest BCUT2D eigenvalue weighted by atomic mass is 10.2. The highest BCUT2D eigenvalue weighted by molar-refractivity contribution is 5.89. The number of carbonyl (C=O) groups excluding carboxylic acids is 1. The Morgan fingerprint density at radius 1 is 1.00 bits per heavy atom. The minimum Gasteiger partial charge on any atom is -0.493 e. The van der Waals surface area contributed by atoms with Crippen LogP contribution in [-0.2, 0) is 4.79 Å². The topological polar surface area (TPSA) is 54.0 Å². The predicted octanol–water partition coefficient (Wildman–Crippen LogP) is 3.92. The molecule has 0 aliphatic rings. The van der Waals surface area contributed by atoms with E-state index in [1.165, 1.54) is 50.6 Å². The van der Waals surface area contributed by atoms with Crippen molar-refractivity contribution in [2.24, 2.45) is 0 Å². The third-order valence-corrected chi connectivity index (χ3v) is 3.10. The largest absolute Gasteiger partial charge is 0.493 e. The Bertz CT molecular complexity index is 719. The lowest BCUT2D eigenvalue weighted by Crippen LogP contribution is -2.06. The van der Waals surface area contributed by atoms with Crippen molar-refractivity contribution < 1.29 is 32.5 Å². The SMILES string of the molecule is COc1cccc(OC)c1OC(=O)C=Cc1ccc(OC(F)F)cc1. The second-order valence-corrected chi connectivity index (χ2v) is 4.69. The van der Waals surface area contributed by atoms with Gasteiger partial charge in [0.2, 0.25) is 5.75 Å². The number of esters is 1. The molecule has 0 bridgehead atoms. The average Bonchev–Trinajstić information content (AvgIpc) is 2.60. The van der Waals surface area contributed by atoms with Gasteiger partial charge in [-0.1, -0.05) is 18.2 Å². The van der Waals surface area contributed by atoms with Crippen LogP contribution in [0.5, 0.6) is 23.0 Å². The molecular weight excluding hydrogens is 334 g/mol. The van der Waals surface area contributed by atoms with Crippen molar-refractivity contribution in [2.75, 3.05) is 14.2 Å². The zero-order valence-electron chi connectivity index (χ0n) is 13.6. The molecule has 0 fully saturated rings. The minimum atomic E-state index is -2.88. The molecule has 0 saturated carbocycles. The third kappa shape index (κ3) is 5.20. The highest BCUT2D eigenvalue weighted by Gasteiger charge is 2.14. The van der Waals surface area contributed by atoms with Crippen molar-refractivity contribution in [2.45, 2.75) is 6.61 Å². The molecule has 0 amide bonds. The van der Waals surface area contributed by atoms with E-state index in [9.17, 15) is 13.6 Å². The molecule has 0 aliphatic carbocycles. The van der Waals surface area contributed by atoms with Crippen LogP contribution in [0.3, 0.4) is 0 Å². The Hall–Kier alpha value is -3.09. The van der Waals surface area contributed by atoms with Gasteiger partial charge in [0.05, 0.1) is 14.2 Å². The van der Waals surface area contributed by atoms with Gasteiger partial charge in [-0.25, -0.2) is 4.79 Å². The average molecular weight is 350 g/mol. The fourth-order valence-electron chi connectivity index (χ4n) is 1.98. The molecule has 0 radical (unpaired) electrons. The monoisotopic (exact) mass is 350 g/mol. The number of para-hydroxylation sites is 1. The fraction of sp³-hybridized carbons (Fsp3) is 0.167. The molecule has 0 unspecified atom stereocenters. The Morgan fingerprint density at radius 2 is 1.60 bits per heavy atom. The molecule has 0 N–H and O–H groups in total. The van der Waals surface area contributed by atoms with Crippen LogP contribution >= 0.6 is 0 Å². The summed E-state index contributed by atoms with van der Waals surface area (Å²) in [6, 6.07) is 10.8. The zero-order chi connectivity index (χ0) is 18.2. The standard InChI is InChI=1S/C18H16F2O5/c1-22-14-4-3-5-15(23-2)17(14)25-16(21)11-8-12-6-9-13(10-7-12)24-18(19)20/h3-11,18H,1-2H3. The maximum atomic E-state index is 12.1. The molecule has 0 spiro atoms. The number of benzene rings is 2. The van der Waals surface area contributed by atoms with Crippen LogP contribution in [0.4, 0.5) is 8.78 Å². The highest BCUT2D eigenvalue weighted by atomic mass is 19.3. The van der Waals surface area contributed by atoms with E-state index in [0.29, 0.717) is 17.1 Å². The summed E-state index contributed by atoms with van der Waals surface area (Å²) in [7, 11) is 2.90. The van der Waals surface area contributed by atoms with Gasteiger partial charge in [0.1, 0.15) is 5.75 Å². The third-order valence-electron chi connectivity index (χ3n) is 3.10. The second kappa shape index (κ2) is 8.68. The van der Waals surface area contributed by atoms with E-state index in [0.717, 1.165) is 0 Å². The molecule has 7 heteroatoms. The fourth-order valence-corrected chi connectivity index (χ4v) is 1.98. The Labute approximate surface area is 143 Å².